The van der Waals surface area contributed by atoms with Crippen molar-refractivity contribution in [3.63, 3.8) is 0 Å². The summed E-state index contributed by atoms with van der Waals surface area (Å²) < 4.78 is 29.1. The highest BCUT2D eigenvalue weighted by Gasteiger charge is 2.34. The van der Waals surface area contributed by atoms with Gasteiger partial charge in [-0.3, -0.25) is 13.9 Å². The number of hydrogen-bond acceptors (Lipinski definition) is 4. The number of hydrogen-bond donors (Lipinski definition) is 1. The first-order valence-corrected chi connectivity index (χ1v) is 16.5. The largest absolute Gasteiger partial charge is 0.355 e. The SMILES string of the molecule is CCNC(=O)[C@@H](Cc1ccccc1)N(Cc1ccc(Cl)c(Cl)c1)C(=O)CN(c1ccc(C)cc1)S(=O)(=O)c1ccc(Cl)cc1. The van der Waals surface area contributed by atoms with Crippen LogP contribution < -0.4 is 9.62 Å². The van der Waals surface area contributed by atoms with Gasteiger partial charge in [-0.2, -0.15) is 0 Å². The lowest BCUT2D eigenvalue weighted by molar-refractivity contribution is -0.140. The summed E-state index contributed by atoms with van der Waals surface area (Å²) in [4.78, 5) is 29.3. The van der Waals surface area contributed by atoms with E-state index in [2.05, 4.69) is 5.32 Å². The minimum absolute atomic E-state index is 0.0207. The molecule has 0 fully saturated rings. The van der Waals surface area contributed by atoms with Gasteiger partial charge in [-0.15, -0.1) is 0 Å². The number of carbonyl (C=O) groups excluding carboxylic acids is 2. The van der Waals surface area contributed by atoms with E-state index in [9.17, 15) is 18.0 Å². The molecule has 7 nitrogen and oxygen atoms in total. The summed E-state index contributed by atoms with van der Waals surface area (Å²) in [6, 6.07) is 25.9. The highest BCUT2D eigenvalue weighted by atomic mass is 35.5. The minimum Gasteiger partial charge on any atom is -0.355 e. The molecule has 0 aliphatic heterocycles. The fourth-order valence-corrected chi connectivity index (χ4v) is 6.52. The van der Waals surface area contributed by atoms with Crippen LogP contribution in [0.25, 0.3) is 0 Å². The first-order valence-electron chi connectivity index (χ1n) is 13.9. The zero-order valence-electron chi connectivity index (χ0n) is 24.2. The van der Waals surface area contributed by atoms with E-state index in [1.807, 2.05) is 37.3 Å². The predicted octanol–water partition coefficient (Wildman–Crippen LogP) is 6.93. The van der Waals surface area contributed by atoms with E-state index in [4.69, 9.17) is 34.8 Å². The third-order valence-corrected chi connectivity index (χ3v) is 9.74. The number of anilines is 1. The fraction of sp³-hybridized carbons (Fsp3) is 0.212. The molecule has 0 aliphatic carbocycles. The Morgan fingerprint density at radius 3 is 2.09 bits per heavy atom. The van der Waals surface area contributed by atoms with Crippen molar-refractivity contribution in [3.05, 3.63) is 129 Å². The topological polar surface area (TPSA) is 86.8 Å². The summed E-state index contributed by atoms with van der Waals surface area (Å²) in [6.07, 6.45) is 0.203. The molecule has 4 aromatic rings. The summed E-state index contributed by atoms with van der Waals surface area (Å²) in [5.41, 5.74) is 2.67. The van der Waals surface area contributed by atoms with Crippen LogP contribution >= 0.6 is 34.8 Å². The van der Waals surface area contributed by atoms with Crippen molar-refractivity contribution < 1.29 is 18.0 Å². The number of sulfonamides is 1. The van der Waals surface area contributed by atoms with Gasteiger partial charge in [-0.25, -0.2) is 8.42 Å². The Labute approximate surface area is 273 Å². The van der Waals surface area contributed by atoms with E-state index < -0.39 is 28.5 Å². The van der Waals surface area contributed by atoms with Crippen LogP contribution in [0.1, 0.15) is 23.6 Å². The van der Waals surface area contributed by atoms with Crippen molar-refractivity contribution in [2.45, 2.75) is 37.8 Å². The van der Waals surface area contributed by atoms with Crippen LogP contribution in [-0.2, 0) is 32.6 Å². The number of rotatable bonds is 12. The van der Waals surface area contributed by atoms with E-state index in [0.29, 0.717) is 32.9 Å². The molecular formula is C33H32Cl3N3O4S. The standard InChI is InChI=1S/C33H32Cl3N3O4S/c1-3-37-33(41)31(20-24-7-5-4-6-8-24)38(21-25-11-18-29(35)30(36)19-25)32(40)22-39(27-14-9-23(2)10-15-27)44(42,43)28-16-12-26(34)13-17-28/h4-19,31H,3,20-22H2,1-2H3,(H,37,41)/t31-/m1/s1. The Morgan fingerprint density at radius 1 is 0.818 bits per heavy atom. The summed E-state index contributed by atoms with van der Waals surface area (Å²) in [7, 11) is -4.22. The van der Waals surface area contributed by atoms with E-state index in [0.717, 1.165) is 15.4 Å². The highest BCUT2D eigenvalue weighted by molar-refractivity contribution is 7.92. The lowest BCUT2D eigenvalue weighted by Gasteiger charge is -2.34. The molecule has 0 saturated carbocycles. The Bertz CT molecular complexity index is 1700. The second-order valence-electron chi connectivity index (χ2n) is 10.2. The molecule has 0 spiro atoms. The normalized spacial score (nSPS) is 11.9. The Kier molecular flexibility index (Phi) is 11.3. The molecule has 0 aliphatic rings. The number of aryl methyl sites for hydroxylation is 1. The minimum atomic E-state index is -4.22. The van der Waals surface area contributed by atoms with Crippen LogP contribution in [-0.4, -0.2) is 44.3 Å². The summed E-state index contributed by atoms with van der Waals surface area (Å²) in [6.45, 7) is 3.43. The van der Waals surface area contributed by atoms with E-state index in [-0.39, 0.29) is 23.8 Å². The quantitative estimate of drug-likeness (QED) is 0.177. The lowest BCUT2D eigenvalue weighted by Crippen LogP contribution is -2.53. The smallest absolute Gasteiger partial charge is 0.264 e. The van der Waals surface area contributed by atoms with Crippen molar-refractivity contribution in [2.75, 3.05) is 17.4 Å². The summed E-state index contributed by atoms with van der Waals surface area (Å²) in [5, 5.41) is 3.85. The summed E-state index contributed by atoms with van der Waals surface area (Å²) in [5.74, 6) is -0.950. The molecule has 230 valence electrons. The number of nitrogens with one attached hydrogen (secondary N) is 1. The molecule has 0 unspecified atom stereocenters. The highest BCUT2D eigenvalue weighted by Crippen LogP contribution is 2.27. The van der Waals surface area contributed by atoms with Gasteiger partial charge in [0.25, 0.3) is 10.0 Å². The Morgan fingerprint density at radius 2 is 1.48 bits per heavy atom. The number of likely N-dealkylation sites (N-methyl/N-ethyl adjacent to an activating group) is 1. The van der Waals surface area contributed by atoms with Crippen molar-refractivity contribution in [3.8, 4) is 0 Å². The number of halogens is 3. The molecule has 1 N–H and O–H groups in total. The maximum absolute atomic E-state index is 14.4. The fourth-order valence-electron chi connectivity index (χ4n) is 4.65. The molecule has 2 amide bonds. The van der Waals surface area contributed by atoms with Gasteiger partial charge in [0.2, 0.25) is 11.8 Å². The van der Waals surface area contributed by atoms with E-state index in [1.54, 1.807) is 49.4 Å². The van der Waals surface area contributed by atoms with Crippen molar-refractivity contribution >= 4 is 62.3 Å². The predicted molar refractivity (Wildman–Crippen MR) is 177 cm³/mol. The Hall–Kier alpha value is -3.56. The van der Waals surface area contributed by atoms with Crippen LogP contribution in [0.3, 0.4) is 0 Å². The van der Waals surface area contributed by atoms with Gasteiger partial charge < -0.3 is 10.2 Å². The summed E-state index contributed by atoms with van der Waals surface area (Å²) >= 11 is 18.5. The molecule has 4 rings (SSSR count). The van der Waals surface area contributed by atoms with Crippen LogP contribution in [0.4, 0.5) is 5.69 Å². The van der Waals surface area contributed by atoms with Crippen LogP contribution in [0.15, 0.2) is 102 Å². The van der Waals surface area contributed by atoms with Gasteiger partial charge in [-0.1, -0.05) is 88.9 Å². The molecule has 11 heteroatoms. The van der Waals surface area contributed by atoms with Crippen LogP contribution in [0.5, 0.6) is 0 Å². The van der Waals surface area contributed by atoms with Gasteiger partial charge in [-0.05, 0) is 73.5 Å². The molecular weight excluding hydrogens is 641 g/mol. The van der Waals surface area contributed by atoms with Crippen molar-refractivity contribution in [1.29, 1.82) is 0 Å². The monoisotopic (exact) mass is 671 g/mol. The van der Waals surface area contributed by atoms with Crippen LogP contribution in [0, 0.1) is 6.92 Å². The molecule has 1 atom stereocenters. The molecule has 44 heavy (non-hydrogen) atoms. The van der Waals surface area contributed by atoms with E-state index >= 15 is 0 Å². The molecule has 0 aromatic heterocycles. The van der Waals surface area contributed by atoms with Gasteiger partial charge in [0.1, 0.15) is 12.6 Å². The molecule has 0 radical (unpaired) electrons. The first kappa shape index (κ1) is 33.3. The average molecular weight is 673 g/mol. The van der Waals surface area contributed by atoms with Crippen molar-refractivity contribution in [2.24, 2.45) is 0 Å². The maximum Gasteiger partial charge on any atom is 0.264 e. The van der Waals surface area contributed by atoms with E-state index in [1.165, 1.54) is 29.2 Å². The van der Waals surface area contributed by atoms with Gasteiger partial charge in [0.05, 0.1) is 20.6 Å². The number of carbonyl (C=O) groups is 2. The first-order chi connectivity index (χ1) is 21.0. The number of benzene rings is 4. The zero-order chi connectivity index (χ0) is 31.9. The average Bonchev–Trinajstić information content (AvgIpc) is 3.00. The molecule has 0 bridgehead atoms. The van der Waals surface area contributed by atoms with Gasteiger partial charge >= 0.3 is 0 Å². The zero-order valence-corrected chi connectivity index (χ0v) is 27.3. The number of nitrogens with zero attached hydrogens (tertiary/aromatic N) is 2. The second kappa shape index (κ2) is 14.9. The van der Waals surface area contributed by atoms with Gasteiger partial charge in [0.15, 0.2) is 0 Å². The second-order valence-corrected chi connectivity index (χ2v) is 13.3. The van der Waals surface area contributed by atoms with Crippen LogP contribution in [0.2, 0.25) is 15.1 Å². The van der Waals surface area contributed by atoms with Gasteiger partial charge in [0, 0.05) is 24.5 Å². The van der Waals surface area contributed by atoms with Crippen molar-refractivity contribution in [1.82, 2.24) is 10.2 Å². The Balaban J connectivity index is 1.80. The number of amides is 2. The molecule has 4 aromatic carbocycles. The third-order valence-electron chi connectivity index (χ3n) is 6.96. The lowest BCUT2D eigenvalue weighted by atomic mass is 10.0. The molecule has 0 heterocycles. The maximum atomic E-state index is 14.4. The molecule has 0 saturated heterocycles. The third kappa shape index (κ3) is 8.33.